The molecule has 2 aromatic carbocycles. The summed E-state index contributed by atoms with van der Waals surface area (Å²) in [6.45, 7) is 1.72. The topological polar surface area (TPSA) is 61.8 Å². The maximum atomic E-state index is 14.0. The molecule has 1 N–H and O–H groups in total. The molecule has 0 saturated carbocycles. The summed E-state index contributed by atoms with van der Waals surface area (Å²) in [4.78, 5) is 24.5. The van der Waals surface area contributed by atoms with Crippen LogP contribution in [0.5, 0.6) is 0 Å². The van der Waals surface area contributed by atoms with Gasteiger partial charge >= 0.3 is 0 Å². The van der Waals surface area contributed by atoms with E-state index in [0.29, 0.717) is 0 Å². The van der Waals surface area contributed by atoms with Gasteiger partial charge in [0.25, 0.3) is 5.91 Å². The number of halogens is 4. The van der Waals surface area contributed by atoms with E-state index in [1.54, 1.807) is 31.2 Å². The zero-order chi connectivity index (χ0) is 20.4. The molecule has 1 aliphatic rings. The van der Waals surface area contributed by atoms with Crippen LogP contribution in [0.4, 0.5) is 23.2 Å². The average Bonchev–Trinajstić information content (AvgIpc) is 2.68. The SMILES string of the molecule is C[C@@H](NC(=O)C1=NN(c2c(F)c(F)cc(F)c2F)C(=O)CC1)c1ccccc1. The van der Waals surface area contributed by atoms with Crippen LogP contribution in [0.15, 0.2) is 41.5 Å². The lowest BCUT2D eigenvalue weighted by molar-refractivity contribution is -0.119. The van der Waals surface area contributed by atoms with Crippen molar-refractivity contribution in [2.75, 3.05) is 5.01 Å². The average molecular weight is 393 g/mol. The van der Waals surface area contributed by atoms with Crippen LogP contribution in [0.1, 0.15) is 31.4 Å². The van der Waals surface area contributed by atoms with Crippen molar-refractivity contribution in [2.24, 2.45) is 5.10 Å². The Morgan fingerprint density at radius 1 is 1.07 bits per heavy atom. The fourth-order valence-corrected chi connectivity index (χ4v) is 2.74. The standard InChI is InChI=1S/C19H15F4N3O2/c1-10(11-5-3-2-4-6-11)24-19(28)14-7-8-15(27)26(25-14)18-16(22)12(20)9-13(21)17(18)23/h2-6,9-10H,7-8H2,1H3,(H,24,28)/t10-/m1/s1. The van der Waals surface area contributed by atoms with Crippen molar-refractivity contribution >= 4 is 23.2 Å². The first-order valence-electron chi connectivity index (χ1n) is 8.38. The predicted molar refractivity (Wildman–Crippen MR) is 93.4 cm³/mol. The molecule has 1 atom stereocenters. The summed E-state index contributed by atoms with van der Waals surface area (Å²) in [5, 5.41) is 6.52. The molecule has 1 heterocycles. The Hall–Kier alpha value is -3.23. The molecule has 0 unspecified atom stereocenters. The fourth-order valence-electron chi connectivity index (χ4n) is 2.74. The van der Waals surface area contributed by atoms with Gasteiger partial charge in [-0.05, 0) is 12.5 Å². The van der Waals surface area contributed by atoms with Crippen molar-refractivity contribution in [2.45, 2.75) is 25.8 Å². The molecule has 2 amide bonds. The van der Waals surface area contributed by atoms with Gasteiger partial charge in [-0.25, -0.2) is 17.6 Å². The van der Waals surface area contributed by atoms with Gasteiger partial charge in [0.05, 0.1) is 6.04 Å². The molecule has 0 aromatic heterocycles. The molecule has 0 aliphatic carbocycles. The van der Waals surface area contributed by atoms with E-state index in [4.69, 9.17) is 0 Å². The highest BCUT2D eigenvalue weighted by Gasteiger charge is 2.32. The van der Waals surface area contributed by atoms with Crippen LogP contribution >= 0.6 is 0 Å². The summed E-state index contributed by atoms with van der Waals surface area (Å²) in [6, 6.07) is 8.62. The van der Waals surface area contributed by atoms with Gasteiger partial charge in [0, 0.05) is 18.9 Å². The molecule has 0 spiro atoms. The Labute approximate surface area is 157 Å². The van der Waals surface area contributed by atoms with Gasteiger partial charge in [0.15, 0.2) is 23.3 Å². The molecule has 5 nitrogen and oxygen atoms in total. The van der Waals surface area contributed by atoms with Gasteiger partial charge in [-0.1, -0.05) is 30.3 Å². The molecule has 28 heavy (non-hydrogen) atoms. The van der Waals surface area contributed by atoms with E-state index in [9.17, 15) is 27.2 Å². The number of benzene rings is 2. The number of nitrogens with one attached hydrogen (secondary N) is 1. The Morgan fingerprint density at radius 3 is 2.29 bits per heavy atom. The number of amides is 2. The van der Waals surface area contributed by atoms with Gasteiger partial charge in [-0.15, -0.1) is 0 Å². The Morgan fingerprint density at radius 2 is 1.68 bits per heavy atom. The third kappa shape index (κ3) is 3.73. The third-order valence-electron chi connectivity index (χ3n) is 4.24. The van der Waals surface area contributed by atoms with Crippen LogP contribution in [0, 0.1) is 23.3 Å². The minimum atomic E-state index is -1.77. The van der Waals surface area contributed by atoms with Crippen molar-refractivity contribution in [1.29, 1.82) is 0 Å². The van der Waals surface area contributed by atoms with E-state index in [2.05, 4.69) is 10.4 Å². The first kappa shape index (κ1) is 19.5. The summed E-state index contributed by atoms with van der Waals surface area (Å²) < 4.78 is 55.0. The lowest BCUT2D eigenvalue weighted by Crippen LogP contribution is -2.40. The number of nitrogens with zero attached hydrogens (tertiary/aromatic N) is 2. The third-order valence-corrected chi connectivity index (χ3v) is 4.24. The lowest BCUT2D eigenvalue weighted by Gasteiger charge is -2.24. The number of rotatable bonds is 4. The Kier molecular flexibility index (Phi) is 5.43. The minimum Gasteiger partial charge on any atom is -0.344 e. The highest BCUT2D eigenvalue weighted by Crippen LogP contribution is 2.30. The van der Waals surface area contributed by atoms with Crippen LogP contribution in [0.3, 0.4) is 0 Å². The van der Waals surface area contributed by atoms with Crippen LogP contribution in [-0.4, -0.2) is 17.5 Å². The van der Waals surface area contributed by atoms with E-state index in [1.807, 2.05) is 6.07 Å². The first-order valence-corrected chi connectivity index (χ1v) is 8.38. The number of hydrogen-bond acceptors (Lipinski definition) is 3. The summed E-state index contributed by atoms with van der Waals surface area (Å²) in [7, 11) is 0. The second-order valence-corrected chi connectivity index (χ2v) is 6.17. The number of carbonyl (C=O) groups excluding carboxylic acids is 2. The first-order chi connectivity index (χ1) is 13.3. The molecule has 2 aromatic rings. The van der Waals surface area contributed by atoms with Crippen LogP contribution in [-0.2, 0) is 9.59 Å². The number of hydrazone groups is 1. The van der Waals surface area contributed by atoms with Crippen molar-refractivity contribution < 1.29 is 27.2 Å². The van der Waals surface area contributed by atoms with E-state index in [0.717, 1.165) is 5.56 Å². The zero-order valence-corrected chi connectivity index (χ0v) is 14.7. The van der Waals surface area contributed by atoms with Crippen molar-refractivity contribution in [1.82, 2.24) is 5.32 Å². The van der Waals surface area contributed by atoms with E-state index < -0.39 is 46.8 Å². The van der Waals surface area contributed by atoms with Crippen LogP contribution < -0.4 is 10.3 Å². The minimum absolute atomic E-state index is 0.0292. The monoisotopic (exact) mass is 393 g/mol. The molecule has 0 fully saturated rings. The van der Waals surface area contributed by atoms with Gasteiger partial charge in [-0.3, -0.25) is 9.59 Å². The molecule has 9 heteroatoms. The summed E-state index contributed by atoms with van der Waals surface area (Å²) in [5.74, 6) is -8.44. The van der Waals surface area contributed by atoms with Gasteiger partial charge in [-0.2, -0.15) is 10.1 Å². The molecule has 3 rings (SSSR count). The van der Waals surface area contributed by atoms with Crippen LogP contribution in [0.2, 0.25) is 0 Å². The normalized spacial score (nSPS) is 15.2. The van der Waals surface area contributed by atoms with E-state index >= 15 is 0 Å². The maximum absolute atomic E-state index is 14.0. The molecule has 0 saturated heterocycles. The van der Waals surface area contributed by atoms with E-state index in [-0.39, 0.29) is 29.6 Å². The molecular weight excluding hydrogens is 378 g/mol. The quantitative estimate of drug-likeness (QED) is 0.637. The number of anilines is 1. The second kappa shape index (κ2) is 7.79. The van der Waals surface area contributed by atoms with Gasteiger partial charge in [0.1, 0.15) is 11.4 Å². The maximum Gasteiger partial charge on any atom is 0.267 e. The van der Waals surface area contributed by atoms with Gasteiger partial charge < -0.3 is 5.32 Å². The fraction of sp³-hybridized carbons (Fsp3) is 0.211. The highest BCUT2D eigenvalue weighted by atomic mass is 19.2. The van der Waals surface area contributed by atoms with Crippen LogP contribution in [0.25, 0.3) is 0 Å². The smallest absolute Gasteiger partial charge is 0.267 e. The molecule has 146 valence electrons. The van der Waals surface area contributed by atoms with Crippen molar-refractivity contribution in [3.8, 4) is 0 Å². The largest absolute Gasteiger partial charge is 0.344 e. The summed E-state index contributed by atoms with van der Waals surface area (Å²) >= 11 is 0. The summed E-state index contributed by atoms with van der Waals surface area (Å²) in [6.07, 6.45) is -0.382. The highest BCUT2D eigenvalue weighted by molar-refractivity contribution is 6.40. The second-order valence-electron chi connectivity index (χ2n) is 6.17. The Bertz CT molecular complexity index is 937. The Balaban J connectivity index is 1.90. The molecule has 0 radical (unpaired) electrons. The van der Waals surface area contributed by atoms with Crippen molar-refractivity contribution in [3.63, 3.8) is 0 Å². The van der Waals surface area contributed by atoms with Gasteiger partial charge in [0.2, 0.25) is 5.91 Å². The molecular formula is C19H15F4N3O2. The molecule has 1 aliphatic heterocycles. The number of carbonyl (C=O) groups is 2. The van der Waals surface area contributed by atoms with Crippen molar-refractivity contribution in [3.05, 3.63) is 65.2 Å². The summed E-state index contributed by atoms with van der Waals surface area (Å²) in [5.41, 5.74) is -0.668. The predicted octanol–water partition coefficient (Wildman–Crippen LogP) is 3.60. The zero-order valence-electron chi connectivity index (χ0n) is 14.7. The number of hydrogen-bond donors (Lipinski definition) is 1. The molecule has 0 bridgehead atoms. The lowest BCUT2D eigenvalue weighted by atomic mass is 10.1. The van der Waals surface area contributed by atoms with E-state index in [1.165, 1.54) is 0 Å².